The van der Waals surface area contributed by atoms with Gasteiger partial charge in [0.25, 0.3) is 0 Å². The molecule has 2 rings (SSSR count). The summed E-state index contributed by atoms with van der Waals surface area (Å²) in [5.74, 6) is 0.600. The Balaban J connectivity index is 1.94. The summed E-state index contributed by atoms with van der Waals surface area (Å²) in [6.45, 7) is 6.26. The first-order valence-electron chi connectivity index (χ1n) is 8.44. The van der Waals surface area contributed by atoms with Gasteiger partial charge >= 0.3 is 6.03 Å². The molecule has 2 amide bonds. The molecule has 0 spiro atoms. The number of nitrogens with two attached hydrogens (primary N) is 1. The Kier molecular flexibility index (Phi) is 6.39. The van der Waals surface area contributed by atoms with Gasteiger partial charge in [0.2, 0.25) is 10.0 Å². The Labute approximate surface area is 154 Å². The number of rotatable bonds is 6. The summed E-state index contributed by atoms with van der Waals surface area (Å²) in [7, 11) is -3.74. The van der Waals surface area contributed by atoms with Gasteiger partial charge in [0.1, 0.15) is 0 Å². The summed E-state index contributed by atoms with van der Waals surface area (Å²) >= 11 is 0. The molecule has 1 atom stereocenters. The molecule has 0 fully saturated rings. The third kappa shape index (κ3) is 5.86. The van der Waals surface area contributed by atoms with E-state index in [-0.39, 0.29) is 17.0 Å². The topological polar surface area (TPSA) is 101 Å². The zero-order valence-electron chi connectivity index (χ0n) is 15.2. The maximum Gasteiger partial charge on any atom is 0.319 e. The fraction of sp³-hybridized carbons (Fsp3) is 0.316. The van der Waals surface area contributed by atoms with E-state index in [1.807, 2.05) is 19.1 Å². The van der Waals surface area contributed by atoms with Crippen LogP contribution in [0.15, 0.2) is 53.4 Å². The van der Waals surface area contributed by atoms with Crippen molar-refractivity contribution in [2.75, 3.05) is 5.32 Å². The van der Waals surface area contributed by atoms with Crippen molar-refractivity contribution in [1.82, 2.24) is 5.32 Å². The van der Waals surface area contributed by atoms with E-state index in [0.29, 0.717) is 11.6 Å². The van der Waals surface area contributed by atoms with Crippen LogP contribution in [-0.4, -0.2) is 14.4 Å². The van der Waals surface area contributed by atoms with E-state index in [0.717, 1.165) is 12.0 Å². The third-order valence-corrected chi connectivity index (χ3v) is 4.84. The largest absolute Gasteiger partial charge is 0.331 e. The van der Waals surface area contributed by atoms with Crippen LogP contribution >= 0.6 is 0 Å². The lowest BCUT2D eigenvalue weighted by atomic mass is 10.00. The minimum Gasteiger partial charge on any atom is -0.331 e. The summed E-state index contributed by atoms with van der Waals surface area (Å²) in [6, 6.07) is 13.3. The Hall–Kier alpha value is -2.38. The predicted octanol–water partition coefficient (Wildman–Crippen LogP) is 3.42. The van der Waals surface area contributed by atoms with Gasteiger partial charge in [-0.1, -0.05) is 38.1 Å². The van der Waals surface area contributed by atoms with Crippen LogP contribution in [0.3, 0.4) is 0 Å². The second-order valence-electron chi connectivity index (χ2n) is 6.73. The molecular weight excluding hydrogens is 350 g/mol. The zero-order valence-corrected chi connectivity index (χ0v) is 16.0. The van der Waals surface area contributed by atoms with Gasteiger partial charge in [-0.05, 0) is 54.7 Å². The molecule has 0 aliphatic heterocycles. The molecule has 4 N–H and O–H groups in total. The van der Waals surface area contributed by atoms with Gasteiger partial charge < -0.3 is 10.6 Å². The number of hydrogen-bond donors (Lipinski definition) is 3. The first-order chi connectivity index (χ1) is 12.1. The molecule has 0 aliphatic rings. The highest BCUT2D eigenvalue weighted by atomic mass is 32.2. The number of hydrogen-bond acceptors (Lipinski definition) is 3. The monoisotopic (exact) mass is 375 g/mol. The molecule has 0 aromatic heterocycles. The lowest BCUT2D eigenvalue weighted by Gasteiger charge is -2.16. The van der Waals surface area contributed by atoms with Gasteiger partial charge in [0.05, 0.1) is 10.9 Å². The van der Waals surface area contributed by atoms with Crippen LogP contribution in [0, 0.1) is 5.92 Å². The van der Waals surface area contributed by atoms with Crippen LogP contribution in [0.2, 0.25) is 0 Å². The van der Waals surface area contributed by atoms with Crippen molar-refractivity contribution < 1.29 is 13.2 Å². The summed E-state index contributed by atoms with van der Waals surface area (Å²) in [4.78, 5) is 12.1. The lowest BCUT2D eigenvalue weighted by Crippen LogP contribution is -2.31. The van der Waals surface area contributed by atoms with Crippen molar-refractivity contribution in [2.24, 2.45) is 11.1 Å². The Morgan fingerprint density at radius 2 is 1.58 bits per heavy atom. The SMILES string of the molecule is CC(C)Cc1ccc([C@H](C)NC(=O)Nc2ccc(S(N)(=O)=O)cc2)cc1. The van der Waals surface area contributed by atoms with E-state index in [1.165, 1.54) is 29.8 Å². The number of amides is 2. The van der Waals surface area contributed by atoms with Crippen LogP contribution in [0.5, 0.6) is 0 Å². The molecule has 0 saturated carbocycles. The molecule has 0 aliphatic carbocycles. The van der Waals surface area contributed by atoms with Crippen molar-refractivity contribution in [3.63, 3.8) is 0 Å². The van der Waals surface area contributed by atoms with E-state index in [9.17, 15) is 13.2 Å². The normalized spacial score (nSPS) is 12.7. The molecule has 26 heavy (non-hydrogen) atoms. The number of anilines is 1. The maximum absolute atomic E-state index is 12.1. The molecule has 2 aromatic carbocycles. The molecule has 0 heterocycles. The molecule has 140 valence electrons. The first kappa shape index (κ1) is 19.9. The number of carbonyl (C=O) groups excluding carboxylic acids is 1. The van der Waals surface area contributed by atoms with Crippen molar-refractivity contribution in [1.29, 1.82) is 0 Å². The van der Waals surface area contributed by atoms with Gasteiger partial charge in [0, 0.05) is 5.69 Å². The minimum absolute atomic E-state index is 0.00156. The molecule has 6 nitrogen and oxygen atoms in total. The molecule has 0 saturated heterocycles. The van der Waals surface area contributed by atoms with Gasteiger partial charge in [-0.2, -0.15) is 0 Å². The maximum atomic E-state index is 12.1. The lowest BCUT2D eigenvalue weighted by molar-refractivity contribution is 0.249. The summed E-state index contributed by atoms with van der Waals surface area (Å²) in [5, 5.41) is 10.6. The molecule has 0 bridgehead atoms. The highest BCUT2D eigenvalue weighted by Gasteiger charge is 2.11. The number of urea groups is 1. The van der Waals surface area contributed by atoms with Gasteiger partial charge in [-0.25, -0.2) is 18.4 Å². The fourth-order valence-electron chi connectivity index (χ4n) is 2.59. The predicted molar refractivity (Wildman–Crippen MR) is 103 cm³/mol. The Morgan fingerprint density at radius 3 is 2.08 bits per heavy atom. The molecular formula is C19H25N3O3S. The summed E-state index contributed by atoms with van der Waals surface area (Å²) < 4.78 is 22.5. The quantitative estimate of drug-likeness (QED) is 0.721. The van der Waals surface area contributed by atoms with Crippen LogP contribution in [0.25, 0.3) is 0 Å². The van der Waals surface area contributed by atoms with E-state index in [1.54, 1.807) is 0 Å². The second kappa shape index (κ2) is 8.33. The molecule has 0 radical (unpaired) electrons. The average Bonchev–Trinajstić information content (AvgIpc) is 2.54. The standard InChI is InChI=1S/C19H25N3O3S/c1-13(2)12-15-4-6-16(7-5-15)14(3)21-19(23)22-17-8-10-18(11-9-17)26(20,24)25/h4-11,13-14H,12H2,1-3H3,(H2,20,24,25)(H2,21,22,23)/t14-/m0/s1. The smallest absolute Gasteiger partial charge is 0.319 e. The van der Waals surface area contributed by atoms with E-state index < -0.39 is 10.0 Å². The van der Waals surface area contributed by atoms with Crippen molar-refractivity contribution in [2.45, 2.75) is 38.1 Å². The Morgan fingerprint density at radius 1 is 1.00 bits per heavy atom. The first-order valence-corrected chi connectivity index (χ1v) is 9.99. The fourth-order valence-corrected chi connectivity index (χ4v) is 3.10. The Bertz CT molecular complexity index is 845. The van der Waals surface area contributed by atoms with Gasteiger partial charge in [-0.15, -0.1) is 0 Å². The number of benzene rings is 2. The summed E-state index contributed by atoms with van der Waals surface area (Å²) in [5.41, 5.74) is 2.77. The molecule has 0 unspecified atom stereocenters. The van der Waals surface area contributed by atoms with Crippen LogP contribution in [-0.2, 0) is 16.4 Å². The highest BCUT2D eigenvalue weighted by Crippen LogP contribution is 2.16. The molecule has 2 aromatic rings. The summed E-state index contributed by atoms with van der Waals surface area (Å²) in [6.07, 6.45) is 1.02. The minimum atomic E-state index is -3.74. The van der Waals surface area contributed by atoms with Gasteiger partial charge in [-0.3, -0.25) is 0 Å². The van der Waals surface area contributed by atoms with Crippen molar-refractivity contribution >= 4 is 21.7 Å². The van der Waals surface area contributed by atoms with Crippen molar-refractivity contribution in [3.05, 3.63) is 59.7 Å². The van der Waals surface area contributed by atoms with Crippen LogP contribution in [0.4, 0.5) is 10.5 Å². The van der Waals surface area contributed by atoms with Crippen LogP contribution in [0.1, 0.15) is 37.9 Å². The number of carbonyl (C=O) groups is 1. The van der Waals surface area contributed by atoms with Gasteiger partial charge in [0.15, 0.2) is 0 Å². The highest BCUT2D eigenvalue weighted by molar-refractivity contribution is 7.89. The number of sulfonamides is 1. The number of nitrogens with one attached hydrogen (secondary N) is 2. The van der Waals surface area contributed by atoms with E-state index in [2.05, 4.69) is 36.6 Å². The van der Waals surface area contributed by atoms with E-state index >= 15 is 0 Å². The van der Waals surface area contributed by atoms with E-state index in [4.69, 9.17) is 5.14 Å². The van der Waals surface area contributed by atoms with Crippen LogP contribution < -0.4 is 15.8 Å². The van der Waals surface area contributed by atoms with Crippen molar-refractivity contribution in [3.8, 4) is 0 Å². The molecule has 7 heteroatoms. The third-order valence-electron chi connectivity index (χ3n) is 3.91. The average molecular weight is 375 g/mol. The second-order valence-corrected chi connectivity index (χ2v) is 8.29. The number of primary sulfonamides is 1. The zero-order chi connectivity index (χ0) is 19.3.